The molecular formula is C28H40N4O6S. The van der Waals surface area contributed by atoms with Crippen LogP contribution in [0.3, 0.4) is 0 Å². The van der Waals surface area contributed by atoms with E-state index in [1.165, 1.54) is 0 Å². The minimum atomic E-state index is -0.810. The molecule has 0 spiro atoms. The van der Waals surface area contributed by atoms with Crippen LogP contribution < -0.4 is 10.6 Å². The molecule has 39 heavy (non-hydrogen) atoms. The number of likely N-dealkylation sites (tertiary alicyclic amines) is 1. The van der Waals surface area contributed by atoms with Crippen molar-refractivity contribution >= 4 is 29.1 Å². The summed E-state index contributed by atoms with van der Waals surface area (Å²) < 4.78 is 10.4. The van der Waals surface area contributed by atoms with E-state index in [4.69, 9.17) is 14.6 Å². The lowest BCUT2D eigenvalue weighted by molar-refractivity contribution is -0.144. The van der Waals surface area contributed by atoms with Crippen LogP contribution >= 0.6 is 11.3 Å². The fourth-order valence-electron chi connectivity index (χ4n) is 4.43. The van der Waals surface area contributed by atoms with E-state index < -0.39 is 23.4 Å². The number of aryl methyl sites for hydroxylation is 1. The van der Waals surface area contributed by atoms with Crippen molar-refractivity contribution in [1.29, 1.82) is 0 Å². The lowest BCUT2D eigenvalue weighted by atomic mass is 9.85. The summed E-state index contributed by atoms with van der Waals surface area (Å²) in [7, 11) is 0. The number of carbonyl (C=O) groups is 3. The minimum absolute atomic E-state index is 0.0771. The second-order valence-corrected chi connectivity index (χ2v) is 11.5. The Hall–Kier alpha value is -2.86. The third-order valence-electron chi connectivity index (χ3n) is 6.53. The van der Waals surface area contributed by atoms with Crippen molar-refractivity contribution in [2.45, 2.75) is 59.2 Å². The second kappa shape index (κ2) is 14.5. The number of aliphatic hydroxyl groups excluding tert-OH is 1. The molecule has 2 aromatic rings. The van der Waals surface area contributed by atoms with Gasteiger partial charge in [0.1, 0.15) is 18.7 Å². The van der Waals surface area contributed by atoms with Crippen LogP contribution in [0, 0.1) is 12.3 Å². The van der Waals surface area contributed by atoms with Crippen LogP contribution in [0.25, 0.3) is 10.4 Å². The summed E-state index contributed by atoms with van der Waals surface area (Å²) in [5.41, 5.74) is 4.31. The van der Waals surface area contributed by atoms with E-state index in [1.54, 1.807) is 16.2 Å². The molecule has 3 rings (SSSR count). The Balaban J connectivity index is 1.55. The van der Waals surface area contributed by atoms with E-state index in [2.05, 4.69) is 15.6 Å². The molecule has 0 bridgehead atoms. The normalized spacial score (nSPS) is 16.2. The number of nitrogens with one attached hydrogen (secondary N) is 2. The maximum absolute atomic E-state index is 13.6. The molecule has 3 amide bonds. The Labute approximate surface area is 234 Å². The maximum Gasteiger partial charge on any atom is 0.246 e. The number of carbonyl (C=O) groups excluding carboxylic acids is 3. The highest BCUT2D eigenvalue weighted by Crippen LogP contribution is 2.28. The summed E-state index contributed by atoms with van der Waals surface area (Å²) in [6, 6.07) is 6.62. The molecule has 1 fully saturated rings. The zero-order valence-corrected chi connectivity index (χ0v) is 24.0. The van der Waals surface area contributed by atoms with Crippen LogP contribution in [-0.2, 0) is 30.4 Å². The molecule has 0 saturated carbocycles. The van der Waals surface area contributed by atoms with Crippen molar-refractivity contribution < 1.29 is 29.0 Å². The van der Waals surface area contributed by atoms with Crippen LogP contribution in [0.4, 0.5) is 0 Å². The van der Waals surface area contributed by atoms with Crippen molar-refractivity contribution in [1.82, 2.24) is 20.5 Å². The van der Waals surface area contributed by atoms with Crippen molar-refractivity contribution in [2.75, 3.05) is 39.6 Å². The molecule has 1 aliphatic heterocycles. The summed E-state index contributed by atoms with van der Waals surface area (Å²) in [5.74, 6) is -0.889. The zero-order chi connectivity index (χ0) is 28.4. The molecule has 1 saturated heterocycles. The molecule has 0 aliphatic carbocycles. The minimum Gasteiger partial charge on any atom is -0.394 e. The van der Waals surface area contributed by atoms with Gasteiger partial charge < -0.3 is 30.1 Å². The summed E-state index contributed by atoms with van der Waals surface area (Å²) >= 11 is 1.60. The monoisotopic (exact) mass is 560 g/mol. The highest BCUT2D eigenvalue weighted by molar-refractivity contribution is 7.13. The van der Waals surface area contributed by atoms with Gasteiger partial charge in [0.05, 0.1) is 42.5 Å². The van der Waals surface area contributed by atoms with Gasteiger partial charge in [-0.15, -0.1) is 11.3 Å². The molecule has 0 radical (unpaired) electrons. The molecule has 11 heteroatoms. The first-order chi connectivity index (χ1) is 18.6. The van der Waals surface area contributed by atoms with E-state index >= 15 is 0 Å². The largest absolute Gasteiger partial charge is 0.394 e. The third-order valence-corrected chi connectivity index (χ3v) is 7.50. The Bertz CT molecular complexity index is 1100. The lowest BCUT2D eigenvalue weighted by Crippen LogP contribution is -2.58. The van der Waals surface area contributed by atoms with E-state index in [1.807, 2.05) is 57.5 Å². The van der Waals surface area contributed by atoms with E-state index in [-0.39, 0.29) is 44.8 Å². The molecule has 1 aromatic heterocycles. The van der Waals surface area contributed by atoms with Crippen molar-refractivity contribution in [3.05, 3.63) is 41.0 Å². The maximum atomic E-state index is 13.6. The number of benzene rings is 1. The highest BCUT2D eigenvalue weighted by Gasteiger charge is 2.41. The first-order valence-electron chi connectivity index (χ1n) is 13.2. The quantitative estimate of drug-likeness (QED) is 0.321. The Kier molecular flexibility index (Phi) is 11.4. The Morgan fingerprint density at radius 1 is 1.15 bits per heavy atom. The van der Waals surface area contributed by atoms with Crippen molar-refractivity contribution in [2.24, 2.45) is 5.41 Å². The van der Waals surface area contributed by atoms with Gasteiger partial charge in [0, 0.05) is 13.1 Å². The Morgan fingerprint density at radius 3 is 2.51 bits per heavy atom. The number of thiazole rings is 1. The van der Waals surface area contributed by atoms with Crippen molar-refractivity contribution in [3.8, 4) is 10.4 Å². The molecule has 2 unspecified atom stereocenters. The van der Waals surface area contributed by atoms with E-state index in [0.717, 1.165) is 21.7 Å². The molecule has 10 nitrogen and oxygen atoms in total. The fraction of sp³-hybridized carbons (Fsp3) is 0.571. The van der Waals surface area contributed by atoms with Crippen LogP contribution in [0.15, 0.2) is 29.8 Å². The van der Waals surface area contributed by atoms with Gasteiger partial charge in [0.15, 0.2) is 0 Å². The predicted molar refractivity (Wildman–Crippen MR) is 149 cm³/mol. The van der Waals surface area contributed by atoms with Gasteiger partial charge in [0.25, 0.3) is 0 Å². The standard InChI is InChI=1S/C28H40N4O6S/c1-19-24(39-18-30-19)21-9-7-20(8-10-21)16-29-26(35)22-6-5-11-32(22)27(36)25(28(2,3)4)31-23(34)17-38-15-14-37-13-12-33/h7-10,18,22,25,33H,5-6,11-17H2,1-4H3,(H,29,35)(H,31,34). The third kappa shape index (κ3) is 8.82. The molecule has 2 heterocycles. The fourth-order valence-corrected chi connectivity index (χ4v) is 5.24. The van der Waals surface area contributed by atoms with Crippen LogP contribution in [0.5, 0.6) is 0 Å². The number of amides is 3. The molecule has 214 valence electrons. The average Bonchev–Trinajstić information content (AvgIpc) is 3.56. The van der Waals surface area contributed by atoms with Crippen LogP contribution in [-0.4, -0.2) is 84.4 Å². The average molecular weight is 561 g/mol. The van der Waals surface area contributed by atoms with E-state index in [0.29, 0.717) is 25.9 Å². The van der Waals surface area contributed by atoms with E-state index in [9.17, 15) is 14.4 Å². The van der Waals surface area contributed by atoms with Gasteiger partial charge in [0.2, 0.25) is 17.7 Å². The smallest absolute Gasteiger partial charge is 0.246 e. The van der Waals surface area contributed by atoms with Gasteiger partial charge in [-0.25, -0.2) is 4.98 Å². The topological polar surface area (TPSA) is 130 Å². The van der Waals surface area contributed by atoms with Crippen LogP contribution in [0.1, 0.15) is 44.9 Å². The number of aromatic nitrogens is 1. The van der Waals surface area contributed by atoms with Crippen LogP contribution in [0.2, 0.25) is 0 Å². The Morgan fingerprint density at radius 2 is 1.87 bits per heavy atom. The van der Waals surface area contributed by atoms with Gasteiger partial charge >= 0.3 is 0 Å². The van der Waals surface area contributed by atoms with Crippen molar-refractivity contribution in [3.63, 3.8) is 0 Å². The predicted octanol–water partition coefficient (Wildman–Crippen LogP) is 2.28. The molecule has 1 aromatic carbocycles. The first kappa shape index (κ1) is 30.7. The summed E-state index contributed by atoms with van der Waals surface area (Å²) in [6.45, 7) is 8.81. The summed E-state index contributed by atoms with van der Waals surface area (Å²) in [5, 5.41) is 14.5. The summed E-state index contributed by atoms with van der Waals surface area (Å²) in [6.07, 6.45) is 1.29. The first-order valence-corrected chi connectivity index (χ1v) is 14.1. The molecular weight excluding hydrogens is 520 g/mol. The number of nitrogens with zero attached hydrogens (tertiary/aromatic N) is 2. The number of hydrogen-bond acceptors (Lipinski definition) is 8. The lowest BCUT2D eigenvalue weighted by Gasteiger charge is -2.35. The SMILES string of the molecule is Cc1ncsc1-c1ccc(CNC(=O)C2CCCN2C(=O)C(NC(=O)COCCOCCO)C(C)(C)C)cc1. The zero-order valence-electron chi connectivity index (χ0n) is 23.2. The molecule has 3 N–H and O–H groups in total. The molecule has 1 aliphatic rings. The second-order valence-electron chi connectivity index (χ2n) is 10.6. The van der Waals surface area contributed by atoms with Gasteiger partial charge in [-0.05, 0) is 36.3 Å². The van der Waals surface area contributed by atoms with Gasteiger partial charge in [-0.1, -0.05) is 45.0 Å². The molecule has 2 atom stereocenters. The number of aliphatic hydroxyl groups is 1. The highest BCUT2D eigenvalue weighted by atomic mass is 32.1. The summed E-state index contributed by atoms with van der Waals surface area (Å²) in [4.78, 5) is 46.3. The number of ether oxygens (including phenoxy) is 2. The number of hydrogen-bond donors (Lipinski definition) is 3. The van der Waals surface area contributed by atoms with Gasteiger partial charge in [-0.3, -0.25) is 14.4 Å². The van der Waals surface area contributed by atoms with Gasteiger partial charge in [-0.2, -0.15) is 0 Å². The number of rotatable bonds is 13.